The zero-order chi connectivity index (χ0) is 15.8. The van der Waals surface area contributed by atoms with Crippen LogP contribution in [0.4, 0.5) is 5.82 Å². The first kappa shape index (κ1) is 16.3. The molecule has 0 aliphatic heterocycles. The average Bonchev–Trinajstić information content (AvgIpc) is 2.59. The van der Waals surface area contributed by atoms with Crippen LogP contribution in [0, 0.1) is 0 Å². The van der Waals surface area contributed by atoms with E-state index in [-0.39, 0.29) is 13.2 Å². The van der Waals surface area contributed by atoms with E-state index in [0.717, 1.165) is 23.5 Å². The first-order valence-corrected chi connectivity index (χ1v) is 7.53. The summed E-state index contributed by atoms with van der Waals surface area (Å²) in [7, 11) is 0. The molecule has 0 spiro atoms. The Morgan fingerprint density at radius 3 is 2.45 bits per heavy atom. The molecule has 2 aromatic rings. The van der Waals surface area contributed by atoms with E-state index in [1.807, 2.05) is 30.0 Å². The number of anilines is 1. The van der Waals surface area contributed by atoms with Crippen LogP contribution in [0.15, 0.2) is 30.6 Å². The minimum Gasteiger partial charge on any atom is -0.396 e. The lowest BCUT2D eigenvalue weighted by atomic mass is 10.2. The molecular formula is C16H22N4O2. The van der Waals surface area contributed by atoms with Crippen molar-refractivity contribution in [3.8, 4) is 11.4 Å². The monoisotopic (exact) mass is 302 g/mol. The van der Waals surface area contributed by atoms with Gasteiger partial charge in [-0.25, -0.2) is 9.97 Å². The van der Waals surface area contributed by atoms with E-state index < -0.39 is 0 Å². The summed E-state index contributed by atoms with van der Waals surface area (Å²) in [6.07, 6.45) is 4.87. The molecule has 6 heteroatoms. The number of aliphatic hydroxyl groups excluding tert-OH is 2. The highest BCUT2D eigenvalue weighted by Crippen LogP contribution is 2.20. The van der Waals surface area contributed by atoms with Gasteiger partial charge in [0.25, 0.3) is 0 Å². The average molecular weight is 302 g/mol. The number of hydrogen-bond acceptors (Lipinski definition) is 6. The second-order valence-corrected chi connectivity index (χ2v) is 4.92. The summed E-state index contributed by atoms with van der Waals surface area (Å²) >= 11 is 0. The van der Waals surface area contributed by atoms with E-state index in [2.05, 4.69) is 15.0 Å². The first-order valence-electron chi connectivity index (χ1n) is 7.53. The predicted octanol–water partition coefficient (Wildman–Crippen LogP) is 1.28. The minimum atomic E-state index is 0.0431. The molecule has 2 rings (SSSR count). The van der Waals surface area contributed by atoms with Crippen LogP contribution in [-0.2, 0) is 6.42 Å². The fourth-order valence-corrected chi connectivity index (χ4v) is 2.18. The van der Waals surface area contributed by atoms with E-state index >= 15 is 0 Å². The van der Waals surface area contributed by atoms with Gasteiger partial charge in [-0.3, -0.25) is 4.98 Å². The lowest BCUT2D eigenvalue weighted by Crippen LogP contribution is -2.29. The third-order valence-corrected chi connectivity index (χ3v) is 3.35. The van der Waals surface area contributed by atoms with Crippen LogP contribution in [0.3, 0.4) is 0 Å². The Bertz CT molecular complexity index is 578. The molecule has 0 saturated carbocycles. The highest BCUT2D eigenvalue weighted by Gasteiger charge is 2.12. The van der Waals surface area contributed by atoms with Crippen molar-refractivity contribution >= 4 is 5.82 Å². The van der Waals surface area contributed by atoms with Crippen LogP contribution in [-0.4, -0.2) is 51.5 Å². The van der Waals surface area contributed by atoms with Crippen molar-refractivity contribution in [1.82, 2.24) is 15.0 Å². The van der Waals surface area contributed by atoms with E-state index in [4.69, 9.17) is 5.11 Å². The Kier molecular flexibility index (Phi) is 6.24. The summed E-state index contributed by atoms with van der Waals surface area (Å²) in [4.78, 5) is 15.2. The van der Waals surface area contributed by atoms with E-state index in [1.54, 1.807) is 12.4 Å². The Labute approximate surface area is 130 Å². The molecule has 0 aliphatic carbocycles. The molecule has 0 amide bonds. The van der Waals surface area contributed by atoms with Crippen LogP contribution in [0.25, 0.3) is 11.4 Å². The van der Waals surface area contributed by atoms with Crippen molar-refractivity contribution in [3.63, 3.8) is 0 Å². The van der Waals surface area contributed by atoms with Gasteiger partial charge < -0.3 is 15.1 Å². The van der Waals surface area contributed by atoms with Crippen molar-refractivity contribution in [2.45, 2.75) is 19.8 Å². The number of aliphatic hydroxyl groups is 2. The topological polar surface area (TPSA) is 82.4 Å². The zero-order valence-corrected chi connectivity index (χ0v) is 12.8. The largest absolute Gasteiger partial charge is 0.396 e. The van der Waals surface area contributed by atoms with Crippen LogP contribution < -0.4 is 4.90 Å². The van der Waals surface area contributed by atoms with Gasteiger partial charge >= 0.3 is 0 Å². The quantitative estimate of drug-likeness (QED) is 0.764. The number of rotatable bonds is 8. The van der Waals surface area contributed by atoms with E-state index in [0.29, 0.717) is 25.3 Å². The van der Waals surface area contributed by atoms with Crippen molar-refractivity contribution in [2.24, 2.45) is 0 Å². The van der Waals surface area contributed by atoms with Gasteiger partial charge in [0.15, 0.2) is 5.82 Å². The zero-order valence-electron chi connectivity index (χ0n) is 12.8. The third kappa shape index (κ3) is 4.22. The number of nitrogens with zero attached hydrogens (tertiary/aromatic N) is 4. The summed E-state index contributed by atoms with van der Waals surface area (Å²) in [5.41, 5.74) is 1.86. The molecule has 0 atom stereocenters. The second-order valence-electron chi connectivity index (χ2n) is 4.92. The molecular weight excluding hydrogens is 280 g/mol. The van der Waals surface area contributed by atoms with Gasteiger partial charge in [0.05, 0.1) is 6.61 Å². The summed E-state index contributed by atoms with van der Waals surface area (Å²) in [5, 5.41) is 18.3. The summed E-state index contributed by atoms with van der Waals surface area (Å²) < 4.78 is 0. The maximum atomic E-state index is 9.25. The summed E-state index contributed by atoms with van der Waals surface area (Å²) in [6, 6.07) is 5.70. The van der Waals surface area contributed by atoms with Crippen LogP contribution in [0.5, 0.6) is 0 Å². The first-order chi connectivity index (χ1) is 10.8. The lowest BCUT2D eigenvalue weighted by Gasteiger charge is -2.23. The summed E-state index contributed by atoms with van der Waals surface area (Å²) in [5.74, 6) is 1.44. The van der Waals surface area contributed by atoms with Crippen molar-refractivity contribution in [2.75, 3.05) is 31.2 Å². The predicted molar refractivity (Wildman–Crippen MR) is 85.6 cm³/mol. The molecule has 0 fully saturated rings. The van der Waals surface area contributed by atoms with Gasteiger partial charge in [0.1, 0.15) is 5.82 Å². The van der Waals surface area contributed by atoms with Crippen LogP contribution in [0.1, 0.15) is 19.0 Å². The van der Waals surface area contributed by atoms with Gasteiger partial charge in [-0.1, -0.05) is 6.92 Å². The molecule has 6 nitrogen and oxygen atoms in total. The third-order valence-electron chi connectivity index (χ3n) is 3.35. The Morgan fingerprint density at radius 2 is 1.82 bits per heavy atom. The normalized spacial score (nSPS) is 10.7. The van der Waals surface area contributed by atoms with Gasteiger partial charge in [0, 0.05) is 49.4 Å². The maximum absolute atomic E-state index is 9.25. The lowest BCUT2D eigenvalue weighted by molar-refractivity contribution is 0.281. The number of aromatic nitrogens is 3. The molecule has 118 valence electrons. The Hall–Kier alpha value is -2.05. The number of hydrogen-bond donors (Lipinski definition) is 2. The van der Waals surface area contributed by atoms with Crippen molar-refractivity contribution < 1.29 is 10.2 Å². The number of pyridine rings is 1. The second kappa shape index (κ2) is 8.41. The molecule has 0 aliphatic rings. The maximum Gasteiger partial charge on any atom is 0.161 e. The van der Waals surface area contributed by atoms with Crippen LogP contribution >= 0.6 is 0 Å². The Morgan fingerprint density at radius 1 is 1.05 bits per heavy atom. The fraction of sp³-hybridized carbons (Fsp3) is 0.438. The molecule has 0 bridgehead atoms. The minimum absolute atomic E-state index is 0.0431. The summed E-state index contributed by atoms with van der Waals surface area (Å²) in [6.45, 7) is 3.34. The van der Waals surface area contributed by atoms with Gasteiger partial charge in [-0.05, 0) is 25.0 Å². The Balaban J connectivity index is 2.37. The van der Waals surface area contributed by atoms with E-state index in [9.17, 15) is 5.11 Å². The highest BCUT2D eigenvalue weighted by molar-refractivity contribution is 5.57. The standard InChI is InChI=1S/C16H22N4O2/c1-2-14-12-15(20(9-11-22)8-3-10-21)19-16(18-14)13-4-6-17-7-5-13/h4-7,12,21-22H,2-3,8-11H2,1H3. The molecule has 2 aromatic heterocycles. The van der Waals surface area contributed by atoms with Crippen LogP contribution in [0.2, 0.25) is 0 Å². The van der Waals surface area contributed by atoms with E-state index in [1.165, 1.54) is 0 Å². The number of aryl methyl sites for hydroxylation is 1. The smallest absolute Gasteiger partial charge is 0.161 e. The van der Waals surface area contributed by atoms with Gasteiger partial charge in [-0.2, -0.15) is 0 Å². The molecule has 2 N–H and O–H groups in total. The molecule has 0 aromatic carbocycles. The van der Waals surface area contributed by atoms with Gasteiger partial charge in [0.2, 0.25) is 0 Å². The molecule has 0 saturated heterocycles. The fourth-order valence-electron chi connectivity index (χ4n) is 2.18. The van der Waals surface area contributed by atoms with Crippen molar-refractivity contribution in [3.05, 3.63) is 36.3 Å². The highest BCUT2D eigenvalue weighted by atomic mass is 16.3. The molecule has 22 heavy (non-hydrogen) atoms. The SMILES string of the molecule is CCc1cc(N(CCO)CCCO)nc(-c2ccncc2)n1. The van der Waals surface area contributed by atoms with Gasteiger partial charge in [-0.15, -0.1) is 0 Å². The molecule has 0 unspecified atom stereocenters. The molecule has 0 radical (unpaired) electrons. The van der Waals surface area contributed by atoms with Crippen molar-refractivity contribution in [1.29, 1.82) is 0 Å². The molecule has 2 heterocycles.